The van der Waals surface area contributed by atoms with Crippen LogP contribution in [-0.4, -0.2) is 25.1 Å². The van der Waals surface area contributed by atoms with Gasteiger partial charge in [0.2, 0.25) is 11.7 Å². The number of anilines is 1. The highest BCUT2D eigenvalue weighted by Gasteiger charge is 2.17. The van der Waals surface area contributed by atoms with Gasteiger partial charge < -0.3 is 5.32 Å². The first-order chi connectivity index (χ1) is 16.9. The highest BCUT2D eigenvalue weighted by Crippen LogP contribution is 2.18. The van der Waals surface area contributed by atoms with Crippen molar-refractivity contribution < 1.29 is 13.6 Å². The molecule has 0 unspecified atom stereocenters. The summed E-state index contributed by atoms with van der Waals surface area (Å²) in [4.78, 5) is 25.8. The van der Waals surface area contributed by atoms with Crippen LogP contribution in [0.5, 0.6) is 0 Å². The summed E-state index contributed by atoms with van der Waals surface area (Å²) in [5.41, 5.74) is 2.70. The molecule has 1 amide bonds. The SMILES string of the molecule is Cc1ccc(Cn2c(=O)c3ccccc3n3c(CCC(=O)Nc4ccc(F)c(F)c4)nnc23)cc1. The molecule has 0 radical (unpaired) electrons. The number of carbonyl (C=O) groups excluding carboxylic acids is 1. The first-order valence-electron chi connectivity index (χ1n) is 11.1. The molecule has 0 fully saturated rings. The van der Waals surface area contributed by atoms with E-state index in [4.69, 9.17) is 0 Å². The Morgan fingerprint density at radius 1 is 0.971 bits per heavy atom. The Morgan fingerprint density at radius 3 is 2.51 bits per heavy atom. The number of nitrogens with one attached hydrogen (secondary N) is 1. The third-order valence-corrected chi connectivity index (χ3v) is 5.82. The van der Waals surface area contributed by atoms with Crippen LogP contribution >= 0.6 is 0 Å². The molecule has 3 aromatic carbocycles. The maximum atomic E-state index is 13.4. The number of nitrogens with zero attached hydrogens (tertiary/aromatic N) is 4. The van der Waals surface area contributed by atoms with Gasteiger partial charge in [-0.2, -0.15) is 0 Å². The summed E-state index contributed by atoms with van der Waals surface area (Å²) in [5, 5.41) is 11.6. The second-order valence-electron chi connectivity index (χ2n) is 8.32. The molecular formula is C26H21F2N5O2. The molecule has 9 heteroatoms. The number of halogens is 2. The van der Waals surface area contributed by atoms with Crippen molar-refractivity contribution in [3.63, 3.8) is 0 Å². The molecule has 7 nitrogen and oxygen atoms in total. The van der Waals surface area contributed by atoms with Crippen molar-refractivity contribution in [2.45, 2.75) is 26.3 Å². The van der Waals surface area contributed by atoms with E-state index in [-0.39, 0.29) is 30.0 Å². The number of fused-ring (bicyclic) bond motifs is 3. The Balaban J connectivity index is 1.48. The zero-order chi connectivity index (χ0) is 24.5. The molecule has 0 saturated heterocycles. The maximum Gasteiger partial charge on any atom is 0.263 e. The van der Waals surface area contributed by atoms with E-state index < -0.39 is 11.6 Å². The molecule has 5 rings (SSSR count). The number of hydrogen-bond acceptors (Lipinski definition) is 4. The fraction of sp³-hybridized carbons (Fsp3) is 0.154. The maximum absolute atomic E-state index is 13.4. The van der Waals surface area contributed by atoms with Crippen molar-refractivity contribution in [1.29, 1.82) is 0 Å². The van der Waals surface area contributed by atoms with E-state index in [1.807, 2.05) is 43.3 Å². The summed E-state index contributed by atoms with van der Waals surface area (Å²) >= 11 is 0. The molecular weight excluding hydrogens is 452 g/mol. The topological polar surface area (TPSA) is 81.3 Å². The molecule has 5 aromatic rings. The quantitative estimate of drug-likeness (QED) is 0.400. The number of para-hydroxylation sites is 1. The van der Waals surface area contributed by atoms with Gasteiger partial charge in [0.25, 0.3) is 5.56 Å². The average molecular weight is 473 g/mol. The molecule has 0 aliphatic carbocycles. The number of amides is 1. The molecule has 2 aromatic heterocycles. The molecule has 0 saturated carbocycles. The van der Waals surface area contributed by atoms with E-state index in [0.29, 0.717) is 29.0 Å². The van der Waals surface area contributed by atoms with Crippen molar-refractivity contribution in [2.24, 2.45) is 0 Å². The van der Waals surface area contributed by atoms with Gasteiger partial charge in [0.15, 0.2) is 11.6 Å². The lowest BCUT2D eigenvalue weighted by Crippen LogP contribution is -2.24. The van der Waals surface area contributed by atoms with Crippen molar-refractivity contribution in [3.8, 4) is 0 Å². The Bertz CT molecular complexity index is 1620. The van der Waals surface area contributed by atoms with Crippen LogP contribution in [0, 0.1) is 18.6 Å². The molecule has 176 valence electrons. The Morgan fingerprint density at radius 2 is 1.74 bits per heavy atom. The number of aromatic nitrogens is 4. The van der Waals surface area contributed by atoms with Gasteiger partial charge in [-0.3, -0.25) is 18.6 Å². The second kappa shape index (κ2) is 9.09. The third kappa shape index (κ3) is 4.40. The first-order valence-corrected chi connectivity index (χ1v) is 11.1. The molecule has 35 heavy (non-hydrogen) atoms. The zero-order valence-electron chi connectivity index (χ0n) is 18.8. The third-order valence-electron chi connectivity index (χ3n) is 5.82. The van der Waals surface area contributed by atoms with Crippen molar-refractivity contribution in [3.05, 3.63) is 106 Å². The summed E-state index contributed by atoms with van der Waals surface area (Å²) < 4.78 is 29.9. The predicted octanol–water partition coefficient (Wildman–Crippen LogP) is 4.25. The van der Waals surface area contributed by atoms with Crippen LogP contribution in [-0.2, 0) is 17.8 Å². The van der Waals surface area contributed by atoms with Crippen LogP contribution in [0.25, 0.3) is 16.7 Å². The van der Waals surface area contributed by atoms with Gasteiger partial charge in [0.05, 0.1) is 17.4 Å². The highest BCUT2D eigenvalue weighted by molar-refractivity contribution is 5.90. The summed E-state index contributed by atoms with van der Waals surface area (Å²) in [5.74, 6) is -1.52. The van der Waals surface area contributed by atoms with E-state index in [9.17, 15) is 18.4 Å². The van der Waals surface area contributed by atoms with E-state index in [1.54, 1.807) is 21.1 Å². The number of benzene rings is 3. The van der Waals surface area contributed by atoms with Crippen LogP contribution in [0.1, 0.15) is 23.4 Å². The van der Waals surface area contributed by atoms with Gasteiger partial charge >= 0.3 is 0 Å². The standard InChI is InChI=1S/C26H21F2N5O2/c1-16-6-8-17(9-7-16)15-32-25(35)19-4-2-3-5-22(19)33-23(30-31-26(32)33)12-13-24(34)29-18-10-11-20(27)21(28)14-18/h2-11,14H,12-13,15H2,1H3,(H,29,34). The minimum absolute atomic E-state index is 0.0329. The molecule has 0 spiro atoms. The monoisotopic (exact) mass is 473 g/mol. The highest BCUT2D eigenvalue weighted by atomic mass is 19.2. The molecule has 0 bridgehead atoms. The number of aryl methyl sites for hydroxylation is 2. The number of carbonyl (C=O) groups is 1. The minimum Gasteiger partial charge on any atom is -0.326 e. The summed E-state index contributed by atoms with van der Waals surface area (Å²) in [6.45, 7) is 2.32. The first kappa shape index (κ1) is 22.4. The van der Waals surface area contributed by atoms with Crippen molar-refractivity contribution in [2.75, 3.05) is 5.32 Å². The lowest BCUT2D eigenvalue weighted by molar-refractivity contribution is -0.116. The van der Waals surface area contributed by atoms with E-state index in [1.165, 1.54) is 6.07 Å². The lowest BCUT2D eigenvalue weighted by atomic mass is 10.1. The summed E-state index contributed by atoms with van der Waals surface area (Å²) in [6, 6.07) is 18.3. The van der Waals surface area contributed by atoms with Crippen molar-refractivity contribution in [1.82, 2.24) is 19.2 Å². The Hall–Kier alpha value is -4.40. The molecule has 0 aliphatic rings. The van der Waals surface area contributed by atoms with Gasteiger partial charge in [0, 0.05) is 24.6 Å². The average Bonchev–Trinajstić information content (AvgIpc) is 3.28. The fourth-order valence-corrected chi connectivity index (χ4v) is 4.02. The van der Waals surface area contributed by atoms with Gasteiger partial charge in [-0.05, 0) is 36.8 Å². The number of hydrogen-bond donors (Lipinski definition) is 1. The lowest BCUT2D eigenvalue weighted by Gasteiger charge is -2.12. The fourth-order valence-electron chi connectivity index (χ4n) is 4.02. The van der Waals surface area contributed by atoms with Crippen LogP contribution in [0.4, 0.5) is 14.5 Å². The molecule has 2 heterocycles. The van der Waals surface area contributed by atoms with Crippen LogP contribution in [0.3, 0.4) is 0 Å². The van der Waals surface area contributed by atoms with E-state index in [2.05, 4.69) is 15.5 Å². The van der Waals surface area contributed by atoms with Crippen molar-refractivity contribution >= 4 is 28.3 Å². The van der Waals surface area contributed by atoms with Crippen LogP contribution in [0.15, 0.2) is 71.5 Å². The van der Waals surface area contributed by atoms with E-state index >= 15 is 0 Å². The van der Waals surface area contributed by atoms with E-state index in [0.717, 1.165) is 23.3 Å². The Kier molecular flexibility index (Phi) is 5.82. The van der Waals surface area contributed by atoms with Gasteiger partial charge in [0.1, 0.15) is 5.82 Å². The van der Waals surface area contributed by atoms with Gasteiger partial charge in [-0.15, -0.1) is 10.2 Å². The van der Waals surface area contributed by atoms with Crippen LogP contribution in [0.2, 0.25) is 0 Å². The zero-order valence-corrected chi connectivity index (χ0v) is 18.8. The molecule has 0 aliphatic heterocycles. The number of rotatable bonds is 6. The van der Waals surface area contributed by atoms with Gasteiger partial charge in [-0.25, -0.2) is 8.78 Å². The molecule has 1 N–H and O–H groups in total. The molecule has 0 atom stereocenters. The predicted molar refractivity (Wildman–Crippen MR) is 128 cm³/mol. The van der Waals surface area contributed by atoms with Gasteiger partial charge in [-0.1, -0.05) is 42.0 Å². The Labute approximate surface area is 198 Å². The smallest absolute Gasteiger partial charge is 0.263 e. The second-order valence-corrected chi connectivity index (χ2v) is 8.32. The van der Waals surface area contributed by atoms with Crippen LogP contribution < -0.4 is 10.9 Å². The summed E-state index contributed by atoms with van der Waals surface area (Å²) in [7, 11) is 0. The normalized spacial score (nSPS) is 11.3. The largest absolute Gasteiger partial charge is 0.326 e. The summed E-state index contributed by atoms with van der Waals surface area (Å²) in [6.07, 6.45) is 0.259. The minimum atomic E-state index is -1.04.